The summed E-state index contributed by atoms with van der Waals surface area (Å²) in [5, 5.41) is 9.48. The lowest BCUT2D eigenvalue weighted by atomic mass is 9.96. The second-order valence-corrected chi connectivity index (χ2v) is 8.47. The Bertz CT molecular complexity index is 1240. The van der Waals surface area contributed by atoms with Crippen molar-refractivity contribution in [1.82, 2.24) is 15.0 Å². The molecule has 32 heavy (non-hydrogen) atoms. The molecule has 0 bridgehead atoms. The number of amides is 1. The molecule has 3 aromatic carbocycles. The average Bonchev–Trinajstić information content (AvgIpc) is 3.28. The van der Waals surface area contributed by atoms with Crippen molar-refractivity contribution >= 4 is 22.4 Å². The molecule has 6 nitrogen and oxygen atoms in total. The normalized spacial score (nSPS) is 16.8. The van der Waals surface area contributed by atoms with Gasteiger partial charge in [0.1, 0.15) is 0 Å². The highest BCUT2D eigenvalue weighted by Crippen LogP contribution is 2.26. The van der Waals surface area contributed by atoms with Crippen LogP contribution in [-0.4, -0.2) is 34.0 Å². The molecular weight excluding hydrogens is 400 g/mol. The predicted octanol–water partition coefficient (Wildman–Crippen LogP) is 5.05. The number of benzene rings is 3. The quantitative estimate of drug-likeness (QED) is 0.484. The summed E-state index contributed by atoms with van der Waals surface area (Å²) in [5.74, 6) is 1.18. The van der Waals surface area contributed by atoms with Crippen LogP contribution in [0.25, 0.3) is 22.2 Å². The van der Waals surface area contributed by atoms with E-state index < -0.39 is 0 Å². The van der Waals surface area contributed by atoms with E-state index in [1.165, 1.54) is 0 Å². The first-order valence-corrected chi connectivity index (χ1v) is 11.1. The number of nitrogens with one attached hydrogen (secondary N) is 1. The highest BCUT2D eigenvalue weighted by Gasteiger charge is 2.27. The van der Waals surface area contributed by atoms with Crippen LogP contribution in [0.2, 0.25) is 0 Å². The summed E-state index contributed by atoms with van der Waals surface area (Å²) in [4.78, 5) is 19.8. The second-order valence-electron chi connectivity index (χ2n) is 8.47. The van der Waals surface area contributed by atoms with Gasteiger partial charge in [0.2, 0.25) is 17.6 Å². The molecule has 4 aromatic rings. The number of rotatable bonds is 5. The molecule has 1 aliphatic heterocycles. The summed E-state index contributed by atoms with van der Waals surface area (Å²) in [6.07, 6.45) is 1.85. The molecule has 0 saturated carbocycles. The summed E-state index contributed by atoms with van der Waals surface area (Å²) in [6, 6.07) is 22.2. The largest absolute Gasteiger partial charge is 0.338 e. The molecule has 1 unspecified atom stereocenters. The average molecular weight is 427 g/mol. The van der Waals surface area contributed by atoms with E-state index in [4.69, 9.17) is 4.52 Å². The van der Waals surface area contributed by atoms with Crippen LogP contribution in [0.15, 0.2) is 71.3 Å². The number of hydrogen-bond acceptors (Lipinski definition) is 5. The first-order valence-electron chi connectivity index (χ1n) is 11.1. The Morgan fingerprint density at radius 1 is 1.12 bits per heavy atom. The van der Waals surface area contributed by atoms with Crippen molar-refractivity contribution in [3.63, 3.8) is 0 Å². The van der Waals surface area contributed by atoms with Gasteiger partial charge in [0, 0.05) is 23.2 Å². The monoisotopic (exact) mass is 426 g/mol. The highest BCUT2D eigenvalue weighted by atomic mass is 16.5. The lowest BCUT2D eigenvalue weighted by Gasteiger charge is -2.31. The summed E-state index contributed by atoms with van der Waals surface area (Å²) in [7, 11) is 0. The van der Waals surface area contributed by atoms with Gasteiger partial charge in [-0.2, -0.15) is 4.98 Å². The fourth-order valence-electron chi connectivity index (χ4n) is 4.39. The number of fused-ring (bicyclic) bond motifs is 1. The minimum absolute atomic E-state index is 0.0667. The Balaban J connectivity index is 1.24. The zero-order valence-electron chi connectivity index (χ0n) is 18.1. The molecule has 1 fully saturated rings. The maximum Gasteiger partial charge on any atom is 0.241 e. The standard InChI is InChI=1S/C26H26N4O2/c1-18-7-4-10-20(15-18)25-28-24(32-29-25)17-30-14-6-11-21(16-30)26(31)27-23-13-5-9-19-8-2-3-12-22(19)23/h2-5,7-10,12-13,15,21H,6,11,14,16-17H2,1H3,(H,27,31). The molecule has 5 rings (SSSR count). The van der Waals surface area contributed by atoms with Crippen molar-refractivity contribution in [2.24, 2.45) is 5.92 Å². The van der Waals surface area contributed by atoms with Gasteiger partial charge in [-0.1, -0.05) is 65.3 Å². The third-order valence-electron chi connectivity index (χ3n) is 6.03. The Labute approximate surface area is 187 Å². The van der Waals surface area contributed by atoms with Gasteiger partial charge < -0.3 is 9.84 Å². The number of aryl methyl sites for hydroxylation is 1. The maximum atomic E-state index is 13.0. The van der Waals surface area contributed by atoms with E-state index in [1.54, 1.807) is 0 Å². The molecule has 1 amide bonds. The zero-order valence-corrected chi connectivity index (χ0v) is 18.1. The first-order chi connectivity index (χ1) is 15.7. The minimum Gasteiger partial charge on any atom is -0.338 e. The molecule has 162 valence electrons. The van der Waals surface area contributed by atoms with Crippen molar-refractivity contribution in [3.05, 3.63) is 78.2 Å². The second kappa shape index (κ2) is 8.93. The fourth-order valence-corrected chi connectivity index (χ4v) is 4.39. The van der Waals surface area contributed by atoms with Crippen LogP contribution >= 0.6 is 0 Å². The van der Waals surface area contributed by atoms with Crippen molar-refractivity contribution in [2.45, 2.75) is 26.3 Å². The molecule has 2 heterocycles. The molecular formula is C26H26N4O2. The molecule has 1 aliphatic rings. The van der Waals surface area contributed by atoms with Crippen LogP contribution in [0.3, 0.4) is 0 Å². The topological polar surface area (TPSA) is 71.3 Å². The lowest BCUT2D eigenvalue weighted by Crippen LogP contribution is -2.40. The molecule has 0 radical (unpaired) electrons. The predicted molar refractivity (Wildman–Crippen MR) is 125 cm³/mol. The van der Waals surface area contributed by atoms with Crippen molar-refractivity contribution < 1.29 is 9.32 Å². The van der Waals surface area contributed by atoms with E-state index in [-0.39, 0.29) is 11.8 Å². The van der Waals surface area contributed by atoms with Crippen LogP contribution in [0.1, 0.15) is 24.3 Å². The van der Waals surface area contributed by atoms with Gasteiger partial charge in [0.15, 0.2) is 0 Å². The van der Waals surface area contributed by atoms with Crippen molar-refractivity contribution in [1.29, 1.82) is 0 Å². The van der Waals surface area contributed by atoms with Crippen molar-refractivity contribution in [2.75, 3.05) is 18.4 Å². The van der Waals surface area contributed by atoms with Crippen molar-refractivity contribution in [3.8, 4) is 11.4 Å². The van der Waals surface area contributed by atoms with Gasteiger partial charge in [-0.3, -0.25) is 9.69 Å². The SMILES string of the molecule is Cc1cccc(-c2noc(CN3CCCC(C(=O)Nc4cccc5ccccc45)C3)n2)c1. The Kier molecular flexibility index (Phi) is 5.69. The smallest absolute Gasteiger partial charge is 0.241 e. The minimum atomic E-state index is -0.0677. The van der Waals surface area contributed by atoms with Gasteiger partial charge in [-0.15, -0.1) is 0 Å². The summed E-state index contributed by atoms with van der Waals surface area (Å²) in [6.45, 7) is 4.19. The number of likely N-dealkylation sites (tertiary alicyclic amines) is 1. The zero-order chi connectivity index (χ0) is 21.9. The van der Waals surface area contributed by atoms with Gasteiger partial charge in [0.05, 0.1) is 12.5 Å². The lowest BCUT2D eigenvalue weighted by molar-refractivity contribution is -0.121. The summed E-state index contributed by atoms with van der Waals surface area (Å²) in [5.41, 5.74) is 2.97. The summed E-state index contributed by atoms with van der Waals surface area (Å²) < 4.78 is 5.50. The van der Waals surface area contributed by atoms with E-state index >= 15 is 0 Å². The van der Waals surface area contributed by atoms with Crippen LogP contribution in [0.4, 0.5) is 5.69 Å². The summed E-state index contributed by atoms with van der Waals surface area (Å²) >= 11 is 0. The Morgan fingerprint density at radius 3 is 2.88 bits per heavy atom. The van der Waals surface area contributed by atoms with Crippen LogP contribution in [0, 0.1) is 12.8 Å². The number of carbonyl (C=O) groups is 1. The van der Waals surface area contributed by atoms with E-state index in [9.17, 15) is 4.79 Å². The maximum absolute atomic E-state index is 13.0. The molecule has 1 aromatic heterocycles. The number of carbonyl (C=O) groups excluding carboxylic acids is 1. The number of aromatic nitrogens is 2. The molecule has 1 saturated heterocycles. The van der Waals surface area contributed by atoms with E-state index in [0.29, 0.717) is 24.8 Å². The molecule has 6 heteroatoms. The van der Waals surface area contributed by atoms with E-state index in [0.717, 1.165) is 47.0 Å². The molecule has 1 atom stereocenters. The third-order valence-corrected chi connectivity index (χ3v) is 6.03. The number of anilines is 1. The van der Waals surface area contributed by atoms with E-state index in [1.807, 2.05) is 61.5 Å². The fraction of sp³-hybridized carbons (Fsp3) is 0.269. The first kappa shape index (κ1) is 20.4. The number of hydrogen-bond donors (Lipinski definition) is 1. The van der Waals surface area contributed by atoms with Gasteiger partial charge in [0.25, 0.3) is 0 Å². The van der Waals surface area contributed by atoms with E-state index in [2.05, 4.69) is 32.5 Å². The number of piperidine rings is 1. The van der Waals surface area contributed by atoms with Crippen LogP contribution in [-0.2, 0) is 11.3 Å². The molecule has 0 spiro atoms. The third kappa shape index (κ3) is 4.41. The van der Waals surface area contributed by atoms with Gasteiger partial charge in [-0.05, 0) is 43.8 Å². The van der Waals surface area contributed by atoms with Crippen LogP contribution < -0.4 is 5.32 Å². The highest BCUT2D eigenvalue weighted by molar-refractivity contribution is 6.02. The Morgan fingerprint density at radius 2 is 1.97 bits per heavy atom. The van der Waals surface area contributed by atoms with Gasteiger partial charge in [-0.25, -0.2) is 0 Å². The van der Waals surface area contributed by atoms with Gasteiger partial charge >= 0.3 is 0 Å². The molecule has 0 aliphatic carbocycles. The molecule has 1 N–H and O–H groups in total. The van der Waals surface area contributed by atoms with Crippen LogP contribution in [0.5, 0.6) is 0 Å². The Hall–Kier alpha value is -3.51. The number of nitrogens with zero attached hydrogens (tertiary/aromatic N) is 3.